The van der Waals surface area contributed by atoms with Crippen molar-refractivity contribution in [2.75, 3.05) is 13.1 Å². The highest BCUT2D eigenvalue weighted by Crippen LogP contribution is 2.14. The average molecular weight is 345 g/mol. The fourth-order valence-electron chi connectivity index (χ4n) is 2.87. The molecule has 2 heterocycles. The molecule has 0 bridgehead atoms. The van der Waals surface area contributed by atoms with Crippen molar-refractivity contribution in [3.8, 4) is 0 Å². The first-order valence-corrected chi connectivity index (χ1v) is 8.13. The number of benzene rings is 1. The van der Waals surface area contributed by atoms with E-state index in [2.05, 4.69) is 20.6 Å². The Bertz CT molecular complexity index is 734. The number of hydrogen-bond acceptors (Lipinski definition) is 4. The Balaban J connectivity index is 1.61. The van der Waals surface area contributed by atoms with E-state index in [0.717, 1.165) is 5.56 Å². The van der Waals surface area contributed by atoms with Crippen LogP contribution in [0.2, 0.25) is 0 Å². The van der Waals surface area contributed by atoms with Gasteiger partial charge in [-0.15, -0.1) is 0 Å². The Morgan fingerprint density at radius 2 is 2.32 bits per heavy atom. The molecule has 1 aromatic carbocycles. The van der Waals surface area contributed by atoms with E-state index in [4.69, 9.17) is 0 Å². The molecule has 3 rings (SSSR count). The van der Waals surface area contributed by atoms with Gasteiger partial charge in [0.05, 0.1) is 19.0 Å². The standard InChI is InChI=1S/C17H20FN5O2/c18-13-3-1-2-12(8-13)11-23-7-6-21-17(25)14(23)9-16(24)22-10-15-19-4-5-20-15/h1-5,8,14H,6-7,9-11H2,(H,19,20)(H,21,25)(H,22,24). The number of nitrogens with one attached hydrogen (secondary N) is 3. The van der Waals surface area contributed by atoms with Crippen LogP contribution in [-0.2, 0) is 22.7 Å². The predicted octanol–water partition coefficient (Wildman–Crippen LogP) is 0.556. The number of hydrogen-bond donors (Lipinski definition) is 3. The van der Waals surface area contributed by atoms with Crippen molar-refractivity contribution in [3.05, 3.63) is 53.9 Å². The van der Waals surface area contributed by atoms with Crippen molar-refractivity contribution in [2.45, 2.75) is 25.6 Å². The minimum Gasteiger partial charge on any atom is -0.353 e. The zero-order chi connectivity index (χ0) is 17.6. The average Bonchev–Trinajstić information content (AvgIpc) is 3.10. The summed E-state index contributed by atoms with van der Waals surface area (Å²) in [5.41, 5.74) is 0.774. The summed E-state index contributed by atoms with van der Waals surface area (Å²) in [6, 6.07) is 5.70. The van der Waals surface area contributed by atoms with Gasteiger partial charge >= 0.3 is 0 Å². The zero-order valence-corrected chi connectivity index (χ0v) is 13.7. The minimum absolute atomic E-state index is 0.0435. The van der Waals surface area contributed by atoms with Crippen LogP contribution in [0, 0.1) is 5.82 Å². The molecular formula is C17H20FN5O2. The lowest BCUT2D eigenvalue weighted by Gasteiger charge is -2.34. The molecule has 1 aliphatic heterocycles. The van der Waals surface area contributed by atoms with E-state index in [9.17, 15) is 14.0 Å². The smallest absolute Gasteiger partial charge is 0.237 e. The molecule has 132 valence electrons. The molecule has 8 heteroatoms. The number of amides is 2. The molecule has 1 unspecified atom stereocenters. The van der Waals surface area contributed by atoms with Gasteiger partial charge in [-0.25, -0.2) is 9.37 Å². The van der Waals surface area contributed by atoms with E-state index >= 15 is 0 Å². The van der Waals surface area contributed by atoms with Gasteiger partial charge in [-0.1, -0.05) is 12.1 Å². The van der Waals surface area contributed by atoms with Crippen LogP contribution in [0.1, 0.15) is 17.8 Å². The number of aromatic amines is 1. The molecule has 1 atom stereocenters. The molecule has 25 heavy (non-hydrogen) atoms. The predicted molar refractivity (Wildman–Crippen MR) is 88.7 cm³/mol. The maximum Gasteiger partial charge on any atom is 0.237 e. The number of aromatic nitrogens is 2. The van der Waals surface area contributed by atoms with E-state index in [1.807, 2.05) is 11.0 Å². The van der Waals surface area contributed by atoms with Gasteiger partial charge in [-0.2, -0.15) is 0 Å². The molecule has 1 fully saturated rings. The molecule has 1 aliphatic rings. The Morgan fingerprint density at radius 1 is 1.44 bits per heavy atom. The summed E-state index contributed by atoms with van der Waals surface area (Å²) in [6.07, 6.45) is 3.33. The summed E-state index contributed by atoms with van der Waals surface area (Å²) in [5.74, 6) is -0.0803. The van der Waals surface area contributed by atoms with Crippen LogP contribution in [0.15, 0.2) is 36.7 Å². The van der Waals surface area contributed by atoms with Gasteiger partial charge in [0.2, 0.25) is 11.8 Å². The summed E-state index contributed by atoms with van der Waals surface area (Å²) < 4.78 is 13.4. The fourth-order valence-corrected chi connectivity index (χ4v) is 2.87. The second kappa shape index (κ2) is 7.89. The topological polar surface area (TPSA) is 90.1 Å². The molecular weight excluding hydrogens is 325 g/mol. The monoisotopic (exact) mass is 345 g/mol. The van der Waals surface area contributed by atoms with E-state index in [0.29, 0.717) is 25.5 Å². The number of piperazine rings is 1. The highest BCUT2D eigenvalue weighted by atomic mass is 19.1. The lowest BCUT2D eigenvalue weighted by Crippen LogP contribution is -2.56. The highest BCUT2D eigenvalue weighted by Gasteiger charge is 2.31. The Kier molecular flexibility index (Phi) is 5.39. The number of nitrogens with zero attached hydrogens (tertiary/aromatic N) is 2. The van der Waals surface area contributed by atoms with Crippen LogP contribution in [-0.4, -0.2) is 45.8 Å². The first-order valence-electron chi connectivity index (χ1n) is 8.13. The molecule has 0 saturated carbocycles. The molecule has 0 radical (unpaired) electrons. The third-order valence-corrected chi connectivity index (χ3v) is 4.10. The van der Waals surface area contributed by atoms with Gasteiger partial charge in [0.15, 0.2) is 0 Å². The Hall–Kier alpha value is -2.74. The van der Waals surface area contributed by atoms with Crippen LogP contribution in [0.25, 0.3) is 0 Å². The molecule has 1 aromatic heterocycles. The van der Waals surface area contributed by atoms with Crippen molar-refractivity contribution in [3.63, 3.8) is 0 Å². The SMILES string of the molecule is O=C(CC1C(=O)NCCN1Cc1cccc(F)c1)NCc1ncc[nH]1. The molecule has 3 N–H and O–H groups in total. The lowest BCUT2D eigenvalue weighted by atomic mass is 10.1. The number of carbonyl (C=O) groups excluding carboxylic acids is 2. The van der Waals surface area contributed by atoms with Gasteiger partial charge in [0.25, 0.3) is 0 Å². The molecule has 0 spiro atoms. The first kappa shape index (κ1) is 17.1. The number of imidazole rings is 1. The third-order valence-electron chi connectivity index (χ3n) is 4.10. The maximum absolute atomic E-state index is 13.4. The number of carbonyl (C=O) groups is 2. The molecule has 7 nitrogen and oxygen atoms in total. The van der Waals surface area contributed by atoms with Crippen LogP contribution in [0.3, 0.4) is 0 Å². The van der Waals surface area contributed by atoms with Crippen molar-refractivity contribution >= 4 is 11.8 Å². The first-order chi connectivity index (χ1) is 12.1. The van der Waals surface area contributed by atoms with Crippen LogP contribution < -0.4 is 10.6 Å². The third kappa shape index (κ3) is 4.63. The molecule has 2 amide bonds. The summed E-state index contributed by atoms with van der Waals surface area (Å²) in [5, 5.41) is 5.53. The van der Waals surface area contributed by atoms with E-state index in [-0.39, 0.29) is 30.6 Å². The molecule has 0 aliphatic carbocycles. The second-order valence-electron chi connectivity index (χ2n) is 5.92. The van der Waals surface area contributed by atoms with E-state index in [1.165, 1.54) is 12.1 Å². The van der Waals surface area contributed by atoms with Crippen molar-refractivity contribution in [1.82, 2.24) is 25.5 Å². The highest BCUT2D eigenvalue weighted by molar-refractivity contribution is 5.88. The summed E-state index contributed by atoms with van der Waals surface area (Å²) in [6.45, 7) is 1.82. The van der Waals surface area contributed by atoms with Gasteiger partial charge in [-0.3, -0.25) is 14.5 Å². The van der Waals surface area contributed by atoms with E-state index in [1.54, 1.807) is 18.5 Å². The van der Waals surface area contributed by atoms with Crippen LogP contribution in [0.5, 0.6) is 0 Å². The van der Waals surface area contributed by atoms with Crippen LogP contribution >= 0.6 is 0 Å². The summed E-state index contributed by atoms with van der Waals surface area (Å²) in [4.78, 5) is 33.2. The zero-order valence-electron chi connectivity index (χ0n) is 13.7. The number of halogens is 1. The molecule has 1 saturated heterocycles. The van der Waals surface area contributed by atoms with Crippen LogP contribution in [0.4, 0.5) is 4.39 Å². The van der Waals surface area contributed by atoms with Crippen molar-refractivity contribution in [2.24, 2.45) is 0 Å². The van der Waals surface area contributed by atoms with Crippen molar-refractivity contribution < 1.29 is 14.0 Å². The van der Waals surface area contributed by atoms with Gasteiger partial charge in [-0.05, 0) is 17.7 Å². The number of rotatable bonds is 6. The Labute approximate surface area is 144 Å². The summed E-state index contributed by atoms with van der Waals surface area (Å²) >= 11 is 0. The van der Waals surface area contributed by atoms with Gasteiger partial charge < -0.3 is 15.6 Å². The largest absolute Gasteiger partial charge is 0.353 e. The van der Waals surface area contributed by atoms with Gasteiger partial charge in [0.1, 0.15) is 11.6 Å². The maximum atomic E-state index is 13.4. The normalized spacial score (nSPS) is 18.0. The van der Waals surface area contributed by atoms with Gasteiger partial charge in [0, 0.05) is 32.0 Å². The number of H-pyrrole nitrogens is 1. The quantitative estimate of drug-likeness (QED) is 0.713. The van der Waals surface area contributed by atoms with E-state index < -0.39 is 6.04 Å². The summed E-state index contributed by atoms with van der Waals surface area (Å²) in [7, 11) is 0. The second-order valence-corrected chi connectivity index (χ2v) is 5.92. The van der Waals surface area contributed by atoms with Crippen molar-refractivity contribution in [1.29, 1.82) is 0 Å². The molecule has 2 aromatic rings. The fraction of sp³-hybridized carbons (Fsp3) is 0.353. The Morgan fingerprint density at radius 3 is 3.08 bits per heavy atom. The lowest BCUT2D eigenvalue weighted by molar-refractivity contribution is -0.134. The minimum atomic E-state index is -0.575.